The molecule has 1 aliphatic heterocycles. The Morgan fingerprint density at radius 3 is 2.37 bits per heavy atom. The third-order valence-electron chi connectivity index (χ3n) is 5.55. The molecule has 1 aromatic carbocycles. The highest BCUT2D eigenvalue weighted by molar-refractivity contribution is 5.46. The maximum absolute atomic E-state index is 3.11. The normalized spacial score (nSPS) is 34.9. The highest BCUT2D eigenvalue weighted by Gasteiger charge is 2.42. The molecule has 2 bridgehead atoms. The lowest BCUT2D eigenvalue weighted by Crippen LogP contribution is -2.51. The first-order valence-electron chi connectivity index (χ1n) is 7.85. The van der Waals surface area contributed by atoms with Gasteiger partial charge in [0, 0.05) is 37.9 Å². The van der Waals surface area contributed by atoms with Crippen molar-refractivity contribution in [1.82, 2.24) is 4.90 Å². The van der Waals surface area contributed by atoms with Crippen molar-refractivity contribution >= 4 is 5.69 Å². The number of piperazine rings is 1. The molecule has 2 heteroatoms. The molecule has 3 fully saturated rings. The van der Waals surface area contributed by atoms with Crippen molar-refractivity contribution in [3.8, 4) is 0 Å². The molecular formula is C17H23N2. The van der Waals surface area contributed by atoms with E-state index >= 15 is 0 Å². The molecule has 19 heavy (non-hydrogen) atoms. The summed E-state index contributed by atoms with van der Waals surface area (Å²) in [6, 6.07) is 12.5. The molecule has 1 saturated heterocycles. The predicted octanol–water partition coefficient (Wildman–Crippen LogP) is 2.80. The molecule has 3 aliphatic rings. The summed E-state index contributed by atoms with van der Waals surface area (Å²) in [6.45, 7) is 4.90. The van der Waals surface area contributed by atoms with E-state index in [0.717, 1.165) is 17.9 Å². The van der Waals surface area contributed by atoms with Crippen LogP contribution in [0.4, 0.5) is 5.69 Å². The lowest BCUT2D eigenvalue weighted by molar-refractivity contribution is 0.135. The van der Waals surface area contributed by atoms with Crippen molar-refractivity contribution in [3.63, 3.8) is 0 Å². The quantitative estimate of drug-likeness (QED) is 0.802. The number of hydrogen-bond donors (Lipinski definition) is 0. The number of fused-ring (bicyclic) bond motifs is 2. The summed E-state index contributed by atoms with van der Waals surface area (Å²) in [4.78, 5) is 5.31. The first-order chi connectivity index (χ1) is 9.40. The van der Waals surface area contributed by atoms with Gasteiger partial charge in [-0.2, -0.15) is 0 Å². The molecule has 2 aliphatic carbocycles. The maximum atomic E-state index is 3.11. The van der Waals surface area contributed by atoms with Gasteiger partial charge in [0.25, 0.3) is 0 Å². The summed E-state index contributed by atoms with van der Waals surface area (Å²) >= 11 is 0. The fourth-order valence-corrected chi connectivity index (χ4v) is 4.56. The number of hydrogen-bond acceptors (Lipinski definition) is 2. The highest BCUT2D eigenvalue weighted by atomic mass is 15.3. The van der Waals surface area contributed by atoms with Gasteiger partial charge in [0.2, 0.25) is 0 Å². The van der Waals surface area contributed by atoms with E-state index < -0.39 is 0 Å². The van der Waals surface area contributed by atoms with Crippen LogP contribution in [-0.4, -0.2) is 37.1 Å². The number of nitrogens with zero attached hydrogens (tertiary/aromatic N) is 2. The molecule has 0 unspecified atom stereocenters. The zero-order valence-electron chi connectivity index (χ0n) is 11.6. The van der Waals surface area contributed by atoms with Gasteiger partial charge in [0.15, 0.2) is 0 Å². The van der Waals surface area contributed by atoms with Crippen LogP contribution in [-0.2, 0) is 0 Å². The minimum absolute atomic E-state index is 0.921. The molecular weight excluding hydrogens is 232 g/mol. The summed E-state index contributed by atoms with van der Waals surface area (Å²) in [5, 5.41) is 0. The Bertz CT molecular complexity index is 422. The van der Waals surface area contributed by atoms with Crippen LogP contribution >= 0.6 is 0 Å². The first kappa shape index (κ1) is 11.8. The third kappa shape index (κ3) is 2.16. The van der Waals surface area contributed by atoms with Crippen molar-refractivity contribution in [2.45, 2.75) is 31.7 Å². The van der Waals surface area contributed by atoms with Gasteiger partial charge in [-0.1, -0.05) is 18.6 Å². The first-order valence-corrected chi connectivity index (χ1v) is 7.85. The summed E-state index contributed by atoms with van der Waals surface area (Å²) in [5.41, 5.74) is 1.37. The number of benzene rings is 1. The Morgan fingerprint density at radius 1 is 0.947 bits per heavy atom. The van der Waals surface area contributed by atoms with Crippen molar-refractivity contribution < 1.29 is 0 Å². The van der Waals surface area contributed by atoms with Crippen LogP contribution in [0.25, 0.3) is 0 Å². The largest absolute Gasteiger partial charge is 0.369 e. The van der Waals surface area contributed by atoms with Gasteiger partial charge in [-0.3, -0.25) is 4.90 Å². The van der Waals surface area contributed by atoms with Crippen molar-refractivity contribution in [3.05, 3.63) is 30.3 Å². The fraction of sp³-hybridized carbons (Fsp3) is 0.647. The Hall–Kier alpha value is -1.02. The zero-order valence-corrected chi connectivity index (χ0v) is 11.6. The minimum atomic E-state index is 0.921. The Labute approximate surface area is 116 Å². The molecule has 1 radical (unpaired) electrons. The summed E-state index contributed by atoms with van der Waals surface area (Å²) in [7, 11) is 0. The molecule has 0 spiro atoms. The van der Waals surface area contributed by atoms with Gasteiger partial charge >= 0.3 is 0 Å². The minimum Gasteiger partial charge on any atom is -0.369 e. The predicted molar refractivity (Wildman–Crippen MR) is 78.3 cm³/mol. The zero-order chi connectivity index (χ0) is 12.7. The highest BCUT2D eigenvalue weighted by Crippen LogP contribution is 2.46. The second kappa shape index (κ2) is 4.82. The van der Waals surface area contributed by atoms with Crippen LogP contribution in [0.5, 0.6) is 0 Å². The van der Waals surface area contributed by atoms with E-state index in [1.54, 1.807) is 0 Å². The molecule has 101 valence electrons. The Balaban J connectivity index is 1.38. The van der Waals surface area contributed by atoms with E-state index in [-0.39, 0.29) is 0 Å². The lowest BCUT2D eigenvalue weighted by Gasteiger charge is -2.41. The van der Waals surface area contributed by atoms with E-state index in [1.165, 1.54) is 57.5 Å². The topological polar surface area (TPSA) is 6.48 Å². The molecule has 1 heterocycles. The average Bonchev–Trinajstić information content (AvgIpc) is 3.11. The van der Waals surface area contributed by atoms with Crippen LogP contribution in [0, 0.1) is 17.9 Å². The Kier molecular flexibility index (Phi) is 2.99. The van der Waals surface area contributed by atoms with Gasteiger partial charge in [-0.15, -0.1) is 0 Å². The van der Waals surface area contributed by atoms with Crippen LogP contribution in [0.15, 0.2) is 24.3 Å². The van der Waals surface area contributed by atoms with E-state index in [0.29, 0.717) is 0 Å². The van der Waals surface area contributed by atoms with Crippen LogP contribution < -0.4 is 4.90 Å². The molecule has 1 aromatic rings. The van der Waals surface area contributed by atoms with Crippen LogP contribution in [0.1, 0.15) is 25.7 Å². The van der Waals surface area contributed by atoms with E-state index in [1.807, 2.05) is 12.1 Å². The molecule has 2 nitrogen and oxygen atoms in total. The molecule has 0 N–H and O–H groups in total. The van der Waals surface area contributed by atoms with Gasteiger partial charge in [-0.05, 0) is 49.3 Å². The van der Waals surface area contributed by atoms with Gasteiger partial charge < -0.3 is 4.90 Å². The fourth-order valence-electron chi connectivity index (χ4n) is 4.56. The van der Waals surface area contributed by atoms with Crippen LogP contribution in [0.2, 0.25) is 0 Å². The van der Waals surface area contributed by atoms with Crippen molar-refractivity contribution in [2.75, 3.05) is 31.1 Å². The summed E-state index contributed by atoms with van der Waals surface area (Å²) < 4.78 is 0. The van der Waals surface area contributed by atoms with E-state index in [9.17, 15) is 0 Å². The van der Waals surface area contributed by atoms with E-state index in [4.69, 9.17) is 0 Å². The smallest absolute Gasteiger partial charge is 0.0367 e. The molecule has 0 amide bonds. The van der Waals surface area contributed by atoms with Gasteiger partial charge in [0.1, 0.15) is 0 Å². The van der Waals surface area contributed by atoms with Crippen molar-refractivity contribution in [2.24, 2.45) is 11.8 Å². The second-order valence-electron chi connectivity index (χ2n) is 6.52. The average molecular weight is 255 g/mol. The maximum Gasteiger partial charge on any atom is 0.0367 e. The van der Waals surface area contributed by atoms with E-state index in [2.05, 4.69) is 28.0 Å². The summed E-state index contributed by atoms with van der Waals surface area (Å²) in [6.07, 6.45) is 6.04. The number of anilines is 1. The van der Waals surface area contributed by atoms with Crippen LogP contribution in [0.3, 0.4) is 0 Å². The molecule has 0 aromatic heterocycles. The third-order valence-corrected chi connectivity index (χ3v) is 5.55. The molecule has 2 saturated carbocycles. The standard InChI is InChI=1S/C17H23N2/c1-2-4-16(5-3-1)18-8-10-19(11-9-18)17-13-14-6-7-15(17)12-14/h2-5,14-15,17H,6-13H2/t14-,15+,17+/m1/s1. The second-order valence-corrected chi connectivity index (χ2v) is 6.52. The van der Waals surface area contributed by atoms with Gasteiger partial charge in [-0.25, -0.2) is 0 Å². The lowest BCUT2D eigenvalue weighted by atomic mass is 9.93. The van der Waals surface area contributed by atoms with Crippen molar-refractivity contribution in [1.29, 1.82) is 0 Å². The SMILES string of the molecule is [c]1ccc(N2CCN([C@H]3C[C@@H]4CC[C@H]3C4)CC2)cc1. The number of rotatable bonds is 2. The monoisotopic (exact) mass is 255 g/mol. The molecule has 3 atom stereocenters. The van der Waals surface area contributed by atoms with Gasteiger partial charge in [0.05, 0.1) is 0 Å². The Morgan fingerprint density at radius 2 is 1.74 bits per heavy atom. The summed E-state index contributed by atoms with van der Waals surface area (Å²) in [5.74, 6) is 2.10. The molecule has 4 rings (SSSR count).